The van der Waals surface area contributed by atoms with E-state index in [0.717, 1.165) is 0 Å². The standard InChI is InChI=1S/C14H18BrNO4/c1-8(13(18)20-14(2,3)4)16-6-5-10-9(12(16)17)7-11(15)19-10/h7-8H,5-6H2,1-4H3/t8-/m1/s1. The van der Waals surface area contributed by atoms with Crippen molar-refractivity contribution in [1.29, 1.82) is 0 Å². The Hall–Kier alpha value is -1.30. The minimum Gasteiger partial charge on any atom is -0.458 e. The SMILES string of the molecule is C[C@H](C(=O)OC(C)(C)C)N1CCc2oc(Br)cc2C1=O. The van der Waals surface area contributed by atoms with Crippen molar-refractivity contribution in [1.82, 2.24) is 4.90 Å². The van der Waals surface area contributed by atoms with Crippen molar-refractivity contribution >= 4 is 27.8 Å². The third-order valence-corrected chi connectivity index (χ3v) is 3.46. The zero-order chi connectivity index (χ0) is 15.1. The highest BCUT2D eigenvalue weighted by Gasteiger charge is 2.35. The molecule has 0 fully saturated rings. The van der Waals surface area contributed by atoms with E-state index < -0.39 is 17.6 Å². The lowest BCUT2D eigenvalue weighted by molar-refractivity contribution is -0.159. The molecule has 0 radical (unpaired) electrons. The number of furan rings is 1. The Morgan fingerprint density at radius 1 is 1.50 bits per heavy atom. The Morgan fingerprint density at radius 3 is 2.75 bits per heavy atom. The fraction of sp³-hybridized carbons (Fsp3) is 0.571. The molecule has 110 valence electrons. The second kappa shape index (κ2) is 5.24. The van der Waals surface area contributed by atoms with Gasteiger partial charge in [-0.1, -0.05) is 0 Å². The molecule has 20 heavy (non-hydrogen) atoms. The second-order valence-electron chi connectivity index (χ2n) is 5.85. The maximum Gasteiger partial charge on any atom is 0.329 e. The van der Waals surface area contributed by atoms with Gasteiger partial charge in [0.15, 0.2) is 4.67 Å². The van der Waals surface area contributed by atoms with E-state index in [1.165, 1.54) is 4.90 Å². The maximum atomic E-state index is 12.4. The number of halogens is 1. The quantitative estimate of drug-likeness (QED) is 0.774. The third kappa shape index (κ3) is 3.06. The number of esters is 1. The molecule has 1 aliphatic heterocycles. The molecule has 0 saturated heterocycles. The summed E-state index contributed by atoms with van der Waals surface area (Å²) >= 11 is 3.22. The van der Waals surface area contributed by atoms with Crippen LogP contribution in [0.15, 0.2) is 15.2 Å². The number of rotatable bonds is 2. The highest BCUT2D eigenvalue weighted by molar-refractivity contribution is 9.10. The van der Waals surface area contributed by atoms with Crippen LogP contribution >= 0.6 is 15.9 Å². The summed E-state index contributed by atoms with van der Waals surface area (Å²) in [5, 5.41) is 0. The van der Waals surface area contributed by atoms with Gasteiger partial charge in [0, 0.05) is 19.0 Å². The summed E-state index contributed by atoms with van der Waals surface area (Å²) in [5.74, 6) is 0.0745. The molecule has 1 aliphatic rings. The zero-order valence-electron chi connectivity index (χ0n) is 12.0. The van der Waals surface area contributed by atoms with Crippen molar-refractivity contribution in [3.05, 3.63) is 22.1 Å². The molecule has 6 heteroatoms. The molecule has 0 unspecified atom stereocenters. The number of carbonyl (C=O) groups is 2. The summed E-state index contributed by atoms with van der Waals surface area (Å²) in [6.07, 6.45) is 0.597. The summed E-state index contributed by atoms with van der Waals surface area (Å²) in [6, 6.07) is 1.04. The molecular formula is C14H18BrNO4. The first kappa shape index (κ1) is 15.1. The number of nitrogens with zero attached hydrogens (tertiary/aromatic N) is 1. The van der Waals surface area contributed by atoms with Gasteiger partial charge >= 0.3 is 5.97 Å². The van der Waals surface area contributed by atoms with Crippen molar-refractivity contribution in [3.8, 4) is 0 Å². The molecule has 2 heterocycles. The van der Waals surface area contributed by atoms with E-state index in [0.29, 0.717) is 29.0 Å². The van der Waals surface area contributed by atoms with E-state index >= 15 is 0 Å². The van der Waals surface area contributed by atoms with Gasteiger partial charge in [-0.05, 0) is 43.6 Å². The second-order valence-corrected chi connectivity index (χ2v) is 6.63. The lowest BCUT2D eigenvalue weighted by atomic mass is 10.1. The van der Waals surface area contributed by atoms with Crippen molar-refractivity contribution in [2.75, 3.05) is 6.54 Å². The molecule has 0 bridgehead atoms. The number of hydrogen-bond acceptors (Lipinski definition) is 4. The first-order valence-corrected chi connectivity index (χ1v) is 7.30. The Balaban J connectivity index is 2.15. The van der Waals surface area contributed by atoms with Crippen LogP contribution in [0.4, 0.5) is 0 Å². The van der Waals surface area contributed by atoms with Crippen LogP contribution in [0.2, 0.25) is 0 Å². The van der Waals surface area contributed by atoms with E-state index in [4.69, 9.17) is 9.15 Å². The summed E-state index contributed by atoms with van der Waals surface area (Å²) in [7, 11) is 0. The number of hydrogen-bond donors (Lipinski definition) is 0. The first-order valence-electron chi connectivity index (χ1n) is 6.51. The molecule has 2 rings (SSSR count). The summed E-state index contributed by atoms with van der Waals surface area (Å²) < 4.78 is 11.3. The monoisotopic (exact) mass is 343 g/mol. The minimum absolute atomic E-state index is 0.195. The van der Waals surface area contributed by atoms with Gasteiger partial charge in [-0.3, -0.25) is 4.79 Å². The van der Waals surface area contributed by atoms with Gasteiger partial charge in [0.2, 0.25) is 0 Å². The molecule has 1 amide bonds. The van der Waals surface area contributed by atoms with E-state index in [-0.39, 0.29) is 5.91 Å². The van der Waals surface area contributed by atoms with Gasteiger partial charge < -0.3 is 14.1 Å². The molecule has 0 aromatic carbocycles. The molecule has 1 atom stereocenters. The van der Waals surface area contributed by atoms with Gasteiger partial charge in [0.1, 0.15) is 17.4 Å². The van der Waals surface area contributed by atoms with E-state index in [2.05, 4.69) is 15.9 Å². The van der Waals surface area contributed by atoms with E-state index in [1.54, 1.807) is 33.8 Å². The molecule has 1 aromatic rings. The molecule has 0 aliphatic carbocycles. The molecule has 5 nitrogen and oxygen atoms in total. The van der Waals surface area contributed by atoms with Gasteiger partial charge in [-0.2, -0.15) is 0 Å². The first-order chi connectivity index (χ1) is 9.19. The highest BCUT2D eigenvalue weighted by Crippen LogP contribution is 2.27. The van der Waals surface area contributed by atoms with Crippen LogP contribution in [-0.2, 0) is 16.0 Å². The predicted octanol–water partition coefficient (Wildman–Crippen LogP) is 2.77. The Bertz CT molecular complexity index is 544. The number of amides is 1. The normalized spacial score (nSPS) is 16.9. The fourth-order valence-corrected chi connectivity index (χ4v) is 2.55. The van der Waals surface area contributed by atoms with Crippen LogP contribution < -0.4 is 0 Å². The van der Waals surface area contributed by atoms with Gasteiger partial charge in [-0.15, -0.1) is 0 Å². The highest BCUT2D eigenvalue weighted by atomic mass is 79.9. The number of ether oxygens (including phenoxy) is 1. The predicted molar refractivity (Wildman–Crippen MR) is 76.5 cm³/mol. The summed E-state index contributed by atoms with van der Waals surface area (Å²) in [6.45, 7) is 7.56. The van der Waals surface area contributed by atoms with Crippen LogP contribution in [0, 0.1) is 0 Å². The van der Waals surface area contributed by atoms with Gasteiger partial charge in [0.05, 0.1) is 5.56 Å². The van der Waals surface area contributed by atoms with Crippen LogP contribution in [0.25, 0.3) is 0 Å². The van der Waals surface area contributed by atoms with Crippen molar-refractivity contribution < 1.29 is 18.7 Å². The fourth-order valence-electron chi connectivity index (χ4n) is 2.12. The number of fused-ring (bicyclic) bond motifs is 1. The maximum absolute atomic E-state index is 12.4. The van der Waals surface area contributed by atoms with E-state index in [9.17, 15) is 9.59 Å². The molecule has 1 aromatic heterocycles. The van der Waals surface area contributed by atoms with Crippen LogP contribution in [-0.4, -0.2) is 35.0 Å². The largest absolute Gasteiger partial charge is 0.458 e. The molecule has 0 saturated carbocycles. The van der Waals surface area contributed by atoms with Crippen LogP contribution in [0.3, 0.4) is 0 Å². The minimum atomic E-state index is -0.608. The smallest absolute Gasteiger partial charge is 0.329 e. The summed E-state index contributed by atoms with van der Waals surface area (Å²) in [4.78, 5) is 26.0. The third-order valence-electron chi connectivity index (χ3n) is 3.07. The van der Waals surface area contributed by atoms with E-state index in [1.807, 2.05) is 0 Å². The van der Waals surface area contributed by atoms with Crippen molar-refractivity contribution in [2.24, 2.45) is 0 Å². The van der Waals surface area contributed by atoms with Crippen LogP contribution in [0.5, 0.6) is 0 Å². The van der Waals surface area contributed by atoms with Gasteiger partial charge in [-0.25, -0.2) is 4.79 Å². The Labute approximate surface area is 126 Å². The molecular weight excluding hydrogens is 326 g/mol. The van der Waals surface area contributed by atoms with Crippen molar-refractivity contribution in [2.45, 2.75) is 45.8 Å². The molecule has 0 N–H and O–H groups in total. The average molecular weight is 344 g/mol. The molecule has 0 spiro atoms. The Kier molecular flexibility index (Phi) is 3.95. The number of carbonyl (C=O) groups excluding carboxylic acids is 2. The zero-order valence-corrected chi connectivity index (χ0v) is 13.6. The average Bonchev–Trinajstić information content (AvgIpc) is 2.68. The van der Waals surface area contributed by atoms with Gasteiger partial charge in [0.25, 0.3) is 5.91 Å². The van der Waals surface area contributed by atoms with Crippen LogP contribution in [0.1, 0.15) is 43.8 Å². The topological polar surface area (TPSA) is 59.8 Å². The lowest BCUT2D eigenvalue weighted by Crippen LogP contribution is -2.48. The summed E-state index contributed by atoms with van der Waals surface area (Å²) in [5.41, 5.74) is -0.0490. The Morgan fingerprint density at radius 2 is 2.15 bits per heavy atom. The van der Waals surface area contributed by atoms with Crippen molar-refractivity contribution in [3.63, 3.8) is 0 Å². The lowest BCUT2D eigenvalue weighted by Gasteiger charge is -2.32.